The number of rotatable bonds is 5. The van der Waals surface area contributed by atoms with Gasteiger partial charge < -0.3 is 10.3 Å². The summed E-state index contributed by atoms with van der Waals surface area (Å²) < 4.78 is 2.39. The normalized spacial score (nSPS) is 16.6. The van der Waals surface area contributed by atoms with E-state index in [1.807, 2.05) is 36.5 Å². The quantitative estimate of drug-likeness (QED) is 0.646. The van der Waals surface area contributed by atoms with Crippen molar-refractivity contribution >= 4 is 57.1 Å². The first-order valence-corrected chi connectivity index (χ1v) is 9.21. The second kappa shape index (κ2) is 7.01. The molecule has 1 aliphatic heterocycles. The summed E-state index contributed by atoms with van der Waals surface area (Å²) in [5.74, 6) is -0.120. The van der Waals surface area contributed by atoms with Gasteiger partial charge in [-0.05, 0) is 18.1 Å². The number of para-hydroxylation sites is 1. The highest BCUT2D eigenvalue weighted by Crippen LogP contribution is 2.34. The van der Waals surface area contributed by atoms with Gasteiger partial charge in [-0.2, -0.15) is 0 Å². The predicted octanol–water partition coefficient (Wildman–Crippen LogP) is 2.98. The average molecular weight is 374 g/mol. The van der Waals surface area contributed by atoms with Crippen molar-refractivity contribution in [2.45, 2.75) is 20.4 Å². The number of carbonyl (C=O) groups excluding carboxylic acids is 2. The minimum absolute atomic E-state index is 0.0598. The van der Waals surface area contributed by atoms with Gasteiger partial charge in [0.25, 0.3) is 5.91 Å². The van der Waals surface area contributed by atoms with E-state index >= 15 is 0 Å². The highest BCUT2D eigenvalue weighted by Gasteiger charge is 2.32. The number of hydrogen-bond acceptors (Lipinski definition) is 4. The van der Waals surface area contributed by atoms with Crippen molar-refractivity contribution in [3.8, 4) is 0 Å². The van der Waals surface area contributed by atoms with Crippen LogP contribution in [0.5, 0.6) is 0 Å². The molecule has 2 amide bonds. The van der Waals surface area contributed by atoms with E-state index in [0.717, 1.165) is 16.5 Å². The number of carbonyl (C=O) groups is 2. The topological polar surface area (TPSA) is 68.3 Å². The zero-order valence-corrected chi connectivity index (χ0v) is 15.7. The Balaban J connectivity index is 2.00. The van der Waals surface area contributed by atoms with Crippen LogP contribution in [-0.2, 0) is 16.1 Å². The van der Waals surface area contributed by atoms with Crippen molar-refractivity contribution in [1.29, 1.82) is 0 Å². The van der Waals surface area contributed by atoms with Gasteiger partial charge in [0.15, 0.2) is 0 Å². The number of thioether (sulfide) groups is 1. The van der Waals surface area contributed by atoms with Gasteiger partial charge in [0.1, 0.15) is 10.9 Å². The summed E-state index contributed by atoms with van der Waals surface area (Å²) in [6.07, 6.45) is 3.70. The van der Waals surface area contributed by atoms with Crippen molar-refractivity contribution < 1.29 is 9.59 Å². The molecule has 0 spiro atoms. The number of aromatic nitrogens is 1. The fourth-order valence-corrected chi connectivity index (χ4v) is 4.12. The number of nitrogens with two attached hydrogens (primary N) is 1. The smallest absolute Gasteiger partial charge is 0.266 e. The molecule has 5 nitrogen and oxygen atoms in total. The van der Waals surface area contributed by atoms with Gasteiger partial charge in [0, 0.05) is 29.2 Å². The SMILES string of the molecule is CC(C)CN1C(=O)/C(=C/c2cn(CC(N)=O)c3ccccc23)SC1=S. The minimum atomic E-state index is -0.407. The monoisotopic (exact) mass is 373 g/mol. The third kappa shape index (κ3) is 3.62. The maximum Gasteiger partial charge on any atom is 0.266 e. The minimum Gasteiger partial charge on any atom is -0.368 e. The average Bonchev–Trinajstić information content (AvgIpc) is 3.00. The van der Waals surface area contributed by atoms with Gasteiger partial charge in [-0.25, -0.2) is 0 Å². The van der Waals surface area contributed by atoms with Gasteiger partial charge in [-0.1, -0.05) is 56.0 Å². The Hall–Kier alpha value is -2.12. The number of primary amides is 1. The van der Waals surface area contributed by atoms with Gasteiger partial charge in [-0.15, -0.1) is 0 Å². The number of nitrogens with zero attached hydrogens (tertiary/aromatic N) is 2. The molecule has 0 aliphatic carbocycles. The standard InChI is InChI=1S/C18H19N3O2S2/c1-11(2)8-21-17(23)15(25-18(21)24)7-12-9-20(10-16(19)22)14-6-4-3-5-13(12)14/h3-7,9,11H,8,10H2,1-2H3,(H2,19,22)/b15-7-. The molecule has 1 saturated heterocycles. The zero-order chi connectivity index (χ0) is 18.1. The Morgan fingerprint density at radius 3 is 2.76 bits per heavy atom. The second-order valence-corrected chi connectivity index (χ2v) is 8.06. The third-order valence-corrected chi connectivity index (χ3v) is 5.23. The van der Waals surface area contributed by atoms with Gasteiger partial charge in [0.2, 0.25) is 5.91 Å². The number of fused-ring (bicyclic) bond motifs is 1. The molecular weight excluding hydrogens is 354 g/mol. The van der Waals surface area contributed by atoms with Crippen molar-refractivity contribution in [2.75, 3.05) is 6.54 Å². The Morgan fingerprint density at radius 1 is 1.36 bits per heavy atom. The van der Waals surface area contributed by atoms with E-state index in [2.05, 4.69) is 13.8 Å². The number of benzene rings is 1. The summed E-state index contributed by atoms with van der Waals surface area (Å²) in [6.45, 7) is 4.83. The summed E-state index contributed by atoms with van der Waals surface area (Å²) in [5.41, 5.74) is 7.12. The first-order chi connectivity index (χ1) is 11.9. The van der Waals surface area contributed by atoms with Gasteiger partial charge in [-0.3, -0.25) is 14.5 Å². The van der Waals surface area contributed by atoms with Crippen LogP contribution in [0.2, 0.25) is 0 Å². The lowest BCUT2D eigenvalue weighted by Gasteiger charge is -2.16. The third-order valence-electron chi connectivity index (χ3n) is 3.85. The number of hydrogen-bond donors (Lipinski definition) is 1. The summed E-state index contributed by atoms with van der Waals surface area (Å²) in [6, 6.07) is 7.73. The molecule has 2 heterocycles. The highest BCUT2D eigenvalue weighted by atomic mass is 32.2. The lowest BCUT2D eigenvalue weighted by molar-refractivity contribution is -0.122. The highest BCUT2D eigenvalue weighted by molar-refractivity contribution is 8.26. The Morgan fingerprint density at radius 2 is 2.08 bits per heavy atom. The summed E-state index contributed by atoms with van der Waals surface area (Å²) in [4.78, 5) is 26.2. The molecule has 0 saturated carbocycles. The molecule has 2 N–H and O–H groups in total. The van der Waals surface area contributed by atoms with E-state index in [1.165, 1.54) is 11.8 Å². The first kappa shape index (κ1) is 17.7. The summed E-state index contributed by atoms with van der Waals surface area (Å²) in [7, 11) is 0. The first-order valence-electron chi connectivity index (χ1n) is 7.98. The molecule has 1 aromatic heterocycles. The fourth-order valence-electron chi connectivity index (χ4n) is 2.85. The summed E-state index contributed by atoms with van der Waals surface area (Å²) >= 11 is 6.67. The van der Waals surface area contributed by atoms with Crippen molar-refractivity contribution in [3.63, 3.8) is 0 Å². The lowest BCUT2D eigenvalue weighted by Crippen LogP contribution is -2.31. The molecule has 1 aliphatic rings. The fraction of sp³-hybridized carbons (Fsp3) is 0.278. The van der Waals surface area contributed by atoms with E-state index < -0.39 is 5.91 Å². The van der Waals surface area contributed by atoms with E-state index in [9.17, 15) is 9.59 Å². The van der Waals surface area contributed by atoms with Crippen LogP contribution >= 0.6 is 24.0 Å². The Bertz CT molecular complexity index is 899. The van der Waals surface area contributed by atoms with Crippen LogP contribution in [0, 0.1) is 5.92 Å². The molecule has 130 valence electrons. The van der Waals surface area contributed by atoms with Gasteiger partial charge >= 0.3 is 0 Å². The van der Waals surface area contributed by atoms with E-state index in [1.54, 1.807) is 9.47 Å². The van der Waals surface area contributed by atoms with E-state index in [0.29, 0.717) is 21.7 Å². The molecule has 0 unspecified atom stereocenters. The number of thiocarbonyl (C=S) groups is 1. The van der Waals surface area contributed by atoms with Crippen LogP contribution in [-0.4, -0.2) is 32.1 Å². The molecule has 1 fully saturated rings. The van der Waals surface area contributed by atoms with Crippen LogP contribution in [0.4, 0.5) is 0 Å². The van der Waals surface area contributed by atoms with Crippen molar-refractivity contribution in [3.05, 3.63) is 40.9 Å². The molecule has 0 radical (unpaired) electrons. The number of amides is 2. The van der Waals surface area contributed by atoms with Crippen LogP contribution in [0.1, 0.15) is 19.4 Å². The Labute approximate surface area is 155 Å². The van der Waals surface area contributed by atoms with Crippen LogP contribution < -0.4 is 5.73 Å². The Kier molecular flexibility index (Phi) is 4.96. The largest absolute Gasteiger partial charge is 0.368 e. The molecule has 1 aromatic carbocycles. The maximum absolute atomic E-state index is 12.6. The lowest BCUT2D eigenvalue weighted by atomic mass is 10.1. The van der Waals surface area contributed by atoms with Crippen LogP contribution in [0.15, 0.2) is 35.4 Å². The van der Waals surface area contributed by atoms with E-state index in [4.69, 9.17) is 18.0 Å². The molecular formula is C18H19N3O2S2. The van der Waals surface area contributed by atoms with Crippen LogP contribution in [0.3, 0.4) is 0 Å². The maximum atomic E-state index is 12.6. The van der Waals surface area contributed by atoms with Crippen LogP contribution in [0.25, 0.3) is 17.0 Å². The molecule has 25 heavy (non-hydrogen) atoms. The van der Waals surface area contributed by atoms with Crippen molar-refractivity contribution in [2.24, 2.45) is 11.7 Å². The van der Waals surface area contributed by atoms with Gasteiger partial charge in [0.05, 0.1) is 4.91 Å². The second-order valence-electron chi connectivity index (χ2n) is 6.38. The predicted molar refractivity (Wildman–Crippen MR) is 106 cm³/mol. The molecule has 2 aromatic rings. The molecule has 7 heteroatoms. The summed E-state index contributed by atoms with van der Waals surface area (Å²) in [5, 5.41) is 0.970. The molecule has 0 atom stereocenters. The molecule has 3 rings (SSSR count). The molecule has 0 bridgehead atoms. The zero-order valence-electron chi connectivity index (χ0n) is 14.1. The van der Waals surface area contributed by atoms with Crippen molar-refractivity contribution in [1.82, 2.24) is 9.47 Å². The van der Waals surface area contributed by atoms with E-state index in [-0.39, 0.29) is 12.5 Å².